The molecule has 1 nitrogen and oxygen atoms in total. The fourth-order valence-electron chi connectivity index (χ4n) is 2.01. The number of hydrogen-bond donors (Lipinski definition) is 1. The van der Waals surface area contributed by atoms with Gasteiger partial charge in [0.25, 0.3) is 0 Å². The molecule has 0 aliphatic heterocycles. The summed E-state index contributed by atoms with van der Waals surface area (Å²) in [5.74, 6) is 0. The topological polar surface area (TPSA) is 12.0 Å². The third-order valence-corrected chi connectivity index (χ3v) is 2.84. The Kier molecular flexibility index (Phi) is 4.00. The molecule has 0 heterocycles. The van der Waals surface area contributed by atoms with Crippen molar-refractivity contribution in [3.05, 3.63) is 72.8 Å². The summed E-state index contributed by atoms with van der Waals surface area (Å²) in [6.45, 7) is 0. The van der Waals surface area contributed by atoms with Crippen LogP contribution in [0, 0.1) is 0 Å². The van der Waals surface area contributed by atoms with Crippen LogP contribution in [0.3, 0.4) is 0 Å². The van der Waals surface area contributed by atoms with Gasteiger partial charge in [-0.05, 0) is 23.6 Å². The molecule has 0 spiro atoms. The molecule has 0 aromatic heterocycles. The van der Waals surface area contributed by atoms with E-state index in [0.717, 1.165) is 11.4 Å². The monoisotopic (exact) mass is 299 g/mol. The predicted octanol–water partition coefficient (Wildman–Crippen LogP) is 5.16. The lowest BCUT2D eigenvalue weighted by Crippen LogP contribution is -1.90. The van der Waals surface area contributed by atoms with Gasteiger partial charge in [-0.2, -0.15) is 0 Å². The zero-order chi connectivity index (χ0) is 11.5. The normalized spacial score (nSPS) is 9.78. The minimum absolute atomic E-state index is 0. The van der Waals surface area contributed by atoms with Crippen LogP contribution in [-0.4, -0.2) is 0 Å². The SMILES string of the molecule is Br.c1ccc(Nc2cccc3ccccc23)cc1. The molecule has 0 bridgehead atoms. The zero-order valence-corrected chi connectivity index (χ0v) is 11.5. The summed E-state index contributed by atoms with van der Waals surface area (Å²) in [5, 5.41) is 5.95. The maximum atomic E-state index is 3.45. The van der Waals surface area contributed by atoms with Crippen molar-refractivity contribution >= 4 is 39.1 Å². The van der Waals surface area contributed by atoms with Gasteiger partial charge in [0.2, 0.25) is 0 Å². The number of anilines is 2. The summed E-state index contributed by atoms with van der Waals surface area (Å²) >= 11 is 0. The zero-order valence-electron chi connectivity index (χ0n) is 9.84. The Morgan fingerprint density at radius 1 is 0.611 bits per heavy atom. The van der Waals surface area contributed by atoms with E-state index in [1.807, 2.05) is 18.2 Å². The summed E-state index contributed by atoms with van der Waals surface area (Å²) in [7, 11) is 0. The highest BCUT2D eigenvalue weighted by Crippen LogP contribution is 2.25. The summed E-state index contributed by atoms with van der Waals surface area (Å²) < 4.78 is 0. The van der Waals surface area contributed by atoms with Gasteiger partial charge in [0.05, 0.1) is 0 Å². The van der Waals surface area contributed by atoms with Gasteiger partial charge < -0.3 is 5.32 Å². The van der Waals surface area contributed by atoms with Crippen molar-refractivity contribution in [3.8, 4) is 0 Å². The minimum atomic E-state index is 0. The summed E-state index contributed by atoms with van der Waals surface area (Å²) in [6.07, 6.45) is 0. The molecule has 0 saturated carbocycles. The first-order valence-corrected chi connectivity index (χ1v) is 5.73. The van der Waals surface area contributed by atoms with E-state index in [-0.39, 0.29) is 17.0 Å². The number of hydrogen-bond acceptors (Lipinski definition) is 1. The summed E-state index contributed by atoms with van der Waals surface area (Å²) in [6, 6.07) is 25.0. The number of para-hydroxylation sites is 1. The highest BCUT2D eigenvalue weighted by Gasteiger charge is 1.99. The van der Waals surface area contributed by atoms with Gasteiger partial charge in [-0.15, -0.1) is 17.0 Å². The molecule has 0 radical (unpaired) electrons. The minimum Gasteiger partial charge on any atom is -0.355 e. The summed E-state index contributed by atoms with van der Waals surface area (Å²) in [4.78, 5) is 0. The number of benzene rings is 3. The van der Waals surface area contributed by atoms with Crippen molar-refractivity contribution in [2.75, 3.05) is 5.32 Å². The molecular weight excluding hydrogens is 286 g/mol. The Hall–Kier alpha value is -1.80. The van der Waals surface area contributed by atoms with Crippen LogP contribution in [0.1, 0.15) is 0 Å². The van der Waals surface area contributed by atoms with Crippen molar-refractivity contribution in [2.45, 2.75) is 0 Å². The second kappa shape index (κ2) is 5.69. The quantitative estimate of drug-likeness (QED) is 0.689. The average Bonchev–Trinajstić information content (AvgIpc) is 2.40. The highest BCUT2D eigenvalue weighted by molar-refractivity contribution is 8.93. The Morgan fingerprint density at radius 2 is 1.28 bits per heavy atom. The fourth-order valence-corrected chi connectivity index (χ4v) is 2.01. The molecule has 90 valence electrons. The van der Waals surface area contributed by atoms with E-state index in [9.17, 15) is 0 Å². The third-order valence-electron chi connectivity index (χ3n) is 2.84. The molecule has 0 aliphatic rings. The van der Waals surface area contributed by atoms with Crippen LogP contribution in [0.15, 0.2) is 72.8 Å². The standard InChI is InChI=1S/C16H13N.BrH/c1-2-9-14(10-3-1)17-16-12-6-8-13-7-4-5-11-15(13)16;/h1-12,17H;1H. The molecule has 1 N–H and O–H groups in total. The van der Waals surface area contributed by atoms with Crippen LogP contribution in [0.2, 0.25) is 0 Å². The molecule has 3 aromatic rings. The molecule has 3 aromatic carbocycles. The van der Waals surface area contributed by atoms with Crippen molar-refractivity contribution in [1.29, 1.82) is 0 Å². The number of rotatable bonds is 2. The lowest BCUT2D eigenvalue weighted by atomic mass is 10.1. The van der Waals surface area contributed by atoms with Crippen LogP contribution in [0.5, 0.6) is 0 Å². The van der Waals surface area contributed by atoms with Crippen LogP contribution in [0.25, 0.3) is 10.8 Å². The second-order valence-electron chi connectivity index (χ2n) is 4.02. The van der Waals surface area contributed by atoms with Crippen LogP contribution in [-0.2, 0) is 0 Å². The Labute approximate surface area is 117 Å². The van der Waals surface area contributed by atoms with Crippen LogP contribution < -0.4 is 5.32 Å². The number of fused-ring (bicyclic) bond motifs is 1. The van der Waals surface area contributed by atoms with Gasteiger partial charge in [-0.3, -0.25) is 0 Å². The summed E-state index contributed by atoms with van der Waals surface area (Å²) in [5.41, 5.74) is 2.26. The lowest BCUT2D eigenvalue weighted by Gasteiger charge is -2.09. The maximum Gasteiger partial charge on any atom is 0.0463 e. The molecular formula is C16H14BrN. The van der Waals surface area contributed by atoms with E-state index in [0.29, 0.717) is 0 Å². The van der Waals surface area contributed by atoms with E-state index in [4.69, 9.17) is 0 Å². The largest absolute Gasteiger partial charge is 0.355 e. The van der Waals surface area contributed by atoms with E-state index < -0.39 is 0 Å². The van der Waals surface area contributed by atoms with Crippen molar-refractivity contribution in [2.24, 2.45) is 0 Å². The van der Waals surface area contributed by atoms with Gasteiger partial charge in [0, 0.05) is 16.8 Å². The molecule has 0 aliphatic carbocycles. The molecule has 0 amide bonds. The predicted molar refractivity (Wildman–Crippen MR) is 84.0 cm³/mol. The van der Waals surface area contributed by atoms with Gasteiger partial charge >= 0.3 is 0 Å². The van der Waals surface area contributed by atoms with Crippen molar-refractivity contribution in [3.63, 3.8) is 0 Å². The highest BCUT2D eigenvalue weighted by atomic mass is 79.9. The first-order valence-electron chi connectivity index (χ1n) is 5.73. The van der Waals surface area contributed by atoms with Crippen molar-refractivity contribution in [1.82, 2.24) is 0 Å². The van der Waals surface area contributed by atoms with Gasteiger partial charge in [0.15, 0.2) is 0 Å². The molecule has 0 unspecified atom stereocenters. The number of nitrogens with one attached hydrogen (secondary N) is 1. The molecule has 0 fully saturated rings. The van der Waals surface area contributed by atoms with Gasteiger partial charge in [-0.25, -0.2) is 0 Å². The molecule has 3 rings (SSSR count). The van der Waals surface area contributed by atoms with E-state index in [2.05, 4.69) is 59.9 Å². The number of halogens is 1. The van der Waals surface area contributed by atoms with Crippen molar-refractivity contribution < 1.29 is 0 Å². The first-order chi connectivity index (χ1) is 8.43. The second-order valence-corrected chi connectivity index (χ2v) is 4.02. The van der Waals surface area contributed by atoms with Gasteiger partial charge in [0.1, 0.15) is 0 Å². The first kappa shape index (κ1) is 12.7. The Bertz CT molecular complexity index is 629. The third kappa shape index (κ3) is 2.54. The molecule has 18 heavy (non-hydrogen) atoms. The Balaban J connectivity index is 0.00000120. The fraction of sp³-hybridized carbons (Fsp3) is 0. The Morgan fingerprint density at radius 3 is 2.11 bits per heavy atom. The van der Waals surface area contributed by atoms with E-state index >= 15 is 0 Å². The smallest absolute Gasteiger partial charge is 0.0463 e. The van der Waals surface area contributed by atoms with Crippen LogP contribution >= 0.6 is 17.0 Å². The van der Waals surface area contributed by atoms with Crippen LogP contribution in [0.4, 0.5) is 11.4 Å². The van der Waals surface area contributed by atoms with E-state index in [1.165, 1.54) is 10.8 Å². The molecule has 2 heteroatoms. The average molecular weight is 300 g/mol. The maximum absolute atomic E-state index is 3.45. The molecule has 0 atom stereocenters. The molecule has 0 saturated heterocycles. The lowest BCUT2D eigenvalue weighted by molar-refractivity contribution is 1.58. The van der Waals surface area contributed by atoms with Gasteiger partial charge in [-0.1, -0.05) is 54.6 Å². The van der Waals surface area contributed by atoms with E-state index in [1.54, 1.807) is 0 Å².